The van der Waals surface area contributed by atoms with E-state index in [0.29, 0.717) is 18.9 Å². The van der Waals surface area contributed by atoms with Crippen LogP contribution in [0.3, 0.4) is 0 Å². The summed E-state index contributed by atoms with van der Waals surface area (Å²) in [5.41, 5.74) is 0.648. The molecule has 0 heterocycles. The molecule has 0 aliphatic rings. The number of hydrogen-bond acceptors (Lipinski definition) is 4. The molecule has 0 aromatic heterocycles. The van der Waals surface area contributed by atoms with E-state index in [0.717, 1.165) is 0 Å². The Kier molecular flexibility index (Phi) is 6.11. The Morgan fingerprint density at radius 3 is 2.39 bits per heavy atom. The fourth-order valence-corrected chi connectivity index (χ4v) is 2.39. The van der Waals surface area contributed by atoms with Crippen molar-refractivity contribution in [1.29, 1.82) is 0 Å². The zero-order valence-corrected chi connectivity index (χ0v) is 11.5. The Hall–Kier alpha value is -1.11. The lowest BCUT2D eigenvalue weighted by atomic mass is 10.3. The van der Waals surface area contributed by atoms with Crippen LogP contribution >= 0.6 is 0 Å². The third kappa shape index (κ3) is 4.64. The number of rotatable bonds is 8. The van der Waals surface area contributed by atoms with Crippen molar-refractivity contribution >= 4 is 15.7 Å². The van der Waals surface area contributed by atoms with Crippen molar-refractivity contribution in [3.8, 4) is 0 Å². The number of sulfonamides is 1. The lowest BCUT2D eigenvalue weighted by molar-refractivity contribution is 0.0785. The van der Waals surface area contributed by atoms with Crippen molar-refractivity contribution in [3.05, 3.63) is 30.3 Å². The van der Waals surface area contributed by atoms with Gasteiger partial charge in [0.05, 0.1) is 31.3 Å². The van der Waals surface area contributed by atoms with Crippen molar-refractivity contribution in [3.63, 3.8) is 0 Å². The quantitative estimate of drug-likeness (QED) is 0.666. The van der Waals surface area contributed by atoms with E-state index in [1.807, 2.05) is 6.07 Å². The fraction of sp³-hybridized carbons (Fsp3) is 0.500. The first-order valence-corrected chi connectivity index (χ1v) is 7.27. The minimum atomic E-state index is -3.33. The van der Waals surface area contributed by atoms with Crippen LogP contribution in [0, 0.1) is 0 Å². The average molecular weight is 273 g/mol. The summed E-state index contributed by atoms with van der Waals surface area (Å²) in [5.74, 6) is -0.0396. The van der Waals surface area contributed by atoms with Crippen LogP contribution in [0.1, 0.15) is 0 Å². The first-order valence-electron chi connectivity index (χ1n) is 5.66. The highest BCUT2D eigenvalue weighted by Crippen LogP contribution is 2.15. The van der Waals surface area contributed by atoms with E-state index in [-0.39, 0.29) is 12.4 Å². The van der Waals surface area contributed by atoms with E-state index in [2.05, 4.69) is 0 Å². The Morgan fingerprint density at radius 1 is 1.11 bits per heavy atom. The second-order valence-electron chi connectivity index (χ2n) is 3.72. The number of methoxy groups -OCH3 is 1. The van der Waals surface area contributed by atoms with Gasteiger partial charge in [0.25, 0.3) is 0 Å². The van der Waals surface area contributed by atoms with Gasteiger partial charge >= 0.3 is 0 Å². The fourth-order valence-electron chi connectivity index (χ4n) is 1.34. The monoisotopic (exact) mass is 273 g/mol. The Balaban J connectivity index is 2.48. The van der Waals surface area contributed by atoms with Crippen molar-refractivity contribution in [2.75, 3.05) is 44.0 Å². The molecule has 0 fully saturated rings. The molecule has 0 amide bonds. The van der Waals surface area contributed by atoms with Crippen molar-refractivity contribution in [2.45, 2.75) is 0 Å². The molecule has 0 atom stereocenters. The maximum Gasteiger partial charge on any atom is 0.237 e. The third-order valence-electron chi connectivity index (χ3n) is 2.45. The molecule has 102 valence electrons. The summed E-state index contributed by atoms with van der Waals surface area (Å²) in [4.78, 5) is 0. The number of benzene rings is 1. The highest BCUT2D eigenvalue weighted by Gasteiger charge is 2.17. The van der Waals surface area contributed by atoms with Crippen LogP contribution in [-0.2, 0) is 19.5 Å². The van der Waals surface area contributed by atoms with E-state index < -0.39 is 10.0 Å². The molecule has 5 nitrogen and oxygen atoms in total. The molecule has 0 radical (unpaired) electrons. The summed E-state index contributed by atoms with van der Waals surface area (Å²) in [6.07, 6.45) is 0. The highest BCUT2D eigenvalue weighted by atomic mass is 32.2. The normalized spacial score (nSPS) is 11.4. The number of anilines is 1. The standard InChI is InChI=1S/C12H19NO4S/c1-13(12-6-4-3-5-7-12)18(14,15)11-10-17-9-8-16-2/h3-7H,8-11H2,1-2H3. The third-order valence-corrected chi connectivity index (χ3v) is 4.18. The van der Waals surface area contributed by atoms with Crippen LogP contribution < -0.4 is 4.31 Å². The van der Waals surface area contributed by atoms with Gasteiger partial charge in [0.1, 0.15) is 0 Å². The summed E-state index contributed by atoms with van der Waals surface area (Å²) in [6.45, 7) is 1.04. The van der Waals surface area contributed by atoms with E-state index in [9.17, 15) is 8.42 Å². The van der Waals surface area contributed by atoms with Gasteiger partial charge in [0.2, 0.25) is 10.0 Å². The predicted octanol–water partition coefficient (Wildman–Crippen LogP) is 1.12. The average Bonchev–Trinajstić information content (AvgIpc) is 2.38. The lowest BCUT2D eigenvalue weighted by Crippen LogP contribution is -2.30. The van der Waals surface area contributed by atoms with Crippen LogP contribution in [0.25, 0.3) is 0 Å². The molecule has 1 rings (SSSR count). The zero-order valence-electron chi connectivity index (χ0n) is 10.7. The molecule has 0 bridgehead atoms. The van der Waals surface area contributed by atoms with Crippen LogP contribution in [0.5, 0.6) is 0 Å². The molecule has 0 aliphatic carbocycles. The number of hydrogen-bond donors (Lipinski definition) is 0. The second-order valence-corrected chi connectivity index (χ2v) is 5.84. The molecule has 6 heteroatoms. The summed E-state index contributed by atoms with van der Waals surface area (Å²) >= 11 is 0. The highest BCUT2D eigenvalue weighted by molar-refractivity contribution is 7.92. The minimum Gasteiger partial charge on any atom is -0.382 e. The summed E-state index contributed by atoms with van der Waals surface area (Å²) < 4.78 is 35.2. The Bertz CT molecular complexity index is 433. The number of ether oxygens (including phenoxy) is 2. The van der Waals surface area contributed by atoms with Crippen LogP contribution in [0.4, 0.5) is 5.69 Å². The van der Waals surface area contributed by atoms with Gasteiger partial charge in [-0.2, -0.15) is 0 Å². The molecule has 0 aliphatic heterocycles. The Morgan fingerprint density at radius 2 is 1.78 bits per heavy atom. The van der Waals surface area contributed by atoms with Gasteiger partial charge in [-0.3, -0.25) is 4.31 Å². The summed E-state index contributed by atoms with van der Waals surface area (Å²) in [5, 5.41) is 0. The van der Waals surface area contributed by atoms with Crippen molar-refractivity contribution in [1.82, 2.24) is 0 Å². The minimum absolute atomic E-state index is 0.0396. The van der Waals surface area contributed by atoms with Gasteiger partial charge < -0.3 is 9.47 Å². The van der Waals surface area contributed by atoms with Gasteiger partial charge in [-0.05, 0) is 12.1 Å². The molecule has 1 aromatic carbocycles. The van der Waals surface area contributed by atoms with Gasteiger partial charge in [-0.15, -0.1) is 0 Å². The maximum absolute atomic E-state index is 12.0. The van der Waals surface area contributed by atoms with E-state index in [1.165, 1.54) is 4.31 Å². The molecular formula is C12H19NO4S. The van der Waals surface area contributed by atoms with Crippen LogP contribution in [0.2, 0.25) is 0 Å². The molecule has 0 N–H and O–H groups in total. The maximum atomic E-state index is 12.0. The van der Waals surface area contributed by atoms with Gasteiger partial charge in [-0.1, -0.05) is 18.2 Å². The molecule has 18 heavy (non-hydrogen) atoms. The number of nitrogens with zero attached hydrogens (tertiary/aromatic N) is 1. The van der Waals surface area contributed by atoms with Gasteiger partial charge in [0, 0.05) is 14.2 Å². The molecule has 0 unspecified atom stereocenters. The molecule has 1 aromatic rings. The van der Waals surface area contributed by atoms with Gasteiger partial charge in [0.15, 0.2) is 0 Å². The van der Waals surface area contributed by atoms with Gasteiger partial charge in [-0.25, -0.2) is 8.42 Å². The summed E-state index contributed by atoms with van der Waals surface area (Å²) in [7, 11) is -0.219. The molecule has 0 spiro atoms. The number of para-hydroxylation sites is 1. The molecular weight excluding hydrogens is 254 g/mol. The van der Waals surface area contributed by atoms with Crippen molar-refractivity contribution < 1.29 is 17.9 Å². The topological polar surface area (TPSA) is 55.8 Å². The van der Waals surface area contributed by atoms with E-state index in [1.54, 1.807) is 38.4 Å². The first kappa shape index (κ1) is 14.9. The lowest BCUT2D eigenvalue weighted by Gasteiger charge is -2.19. The smallest absolute Gasteiger partial charge is 0.237 e. The summed E-state index contributed by atoms with van der Waals surface area (Å²) in [6, 6.07) is 8.96. The van der Waals surface area contributed by atoms with E-state index >= 15 is 0 Å². The SMILES string of the molecule is COCCOCCS(=O)(=O)N(C)c1ccccc1. The van der Waals surface area contributed by atoms with Crippen LogP contribution in [0.15, 0.2) is 30.3 Å². The first-order chi connectivity index (χ1) is 8.58. The molecule has 0 saturated heterocycles. The van der Waals surface area contributed by atoms with E-state index in [4.69, 9.17) is 9.47 Å². The zero-order chi connectivity index (χ0) is 13.4. The molecule has 0 saturated carbocycles. The van der Waals surface area contributed by atoms with Crippen molar-refractivity contribution in [2.24, 2.45) is 0 Å². The predicted molar refractivity (Wildman–Crippen MR) is 71.3 cm³/mol. The van der Waals surface area contributed by atoms with Crippen LogP contribution in [-0.4, -0.2) is 48.1 Å². The Labute approximate surface area is 108 Å². The second kappa shape index (κ2) is 7.35. The largest absolute Gasteiger partial charge is 0.382 e.